The molecule has 0 spiro atoms. The van der Waals surface area contributed by atoms with Crippen LogP contribution in [0, 0.1) is 0 Å². The first-order chi connectivity index (χ1) is 9.15. The second kappa shape index (κ2) is 5.85. The fraction of sp³-hybridized carbons (Fsp3) is 0.500. The van der Waals surface area contributed by atoms with Gasteiger partial charge >= 0.3 is 0 Å². The molecule has 1 aliphatic heterocycles. The maximum Gasteiger partial charge on any atom is 0.190 e. The van der Waals surface area contributed by atoms with Crippen LogP contribution in [0.4, 0.5) is 5.69 Å². The molecule has 1 aliphatic rings. The molecule has 2 rings (SSSR count). The molecular formula is C12H18N4O3. The summed E-state index contributed by atoms with van der Waals surface area (Å²) in [5, 5.41) is 21.0. The number of ether oxygens (including phenoxy) is 1. The van der Waals surface area contributed by atoms with Crippen LogP contribution < -0.4 is 10.6 Å². The predicted molar refractivity (Wildman–Crippen MR) is 70.4 cm³/mol. The Balaban J connectivity index is 2.30. The van der Waals surface area contributed by atoms with E-state index in [0.29, 0.717) is 18.8 Å². The number of aliphatic hydroxyl groups excluding tert-OH is 1. The molecule has 0 aliphatic carbocycles. The molecule has 19 heavy (non-hydrogen) atoms. The van der Waals surface area contributed by atoms with Gasteiger partial charge in [0, 0.05) is 19.3 Å². The Labute approximate surface area is 111 Å². The van der Waals surface area contributed by atoms with Gasteiger partial charge in [0.25, 0.3) is 0 Å². The highest BCUT2D eigenvalue weighted by Gasteiger charge is 2.27. The zero-order chi connectivity index (χ0) is 13.8. The molecule has 2 atom stereocenters. The van der Waals surface area contributed by atoms with Gasteiger partial charge in [-0.15, -0.1) is 0 Å². The second-order valence-corrected chi connectivity index (χ2v) is 4.51. The number of hydrogen-bond acceptors (Lipinski definition) is 6. The van der Waals surface area contributed by atoms with E-state index in [1.165, 1.54) is 0 Å². The van der Waals surface area contributed by atoms with E-state index >= 15 is 0 Å². The summed E-state index contributed by atoms with van der Waals surface area (Å²) in [6.45, 7) is 3.10. The maximum absolute atomic E-state index is 9.24. The third kappa shape index (κ3) is 2.94. The average molecular weight is 266 g/mol. The number of oxime groups is 1. The van der Waals surface area contributed by atoms with E-state index in [2.05, 4.69) is 10.1 Å². The Kier molecular flexibility index (Phi) is 4.18. The van der Waals surface area contributed by atoms with Gasteiger partial charge in [0.15, 0.2) is 5.84 Å². The molecule has 2 heterocycles. The van der Waals surface area contributed by atoms with Crippen LogP contribution in [0.1, 0.15) is 12.6 Å². The van der Waals surface area contributed by atoms with E-state index in [-0.39, 0.29) is 24.7 Å². The van der Waals surface area contributed by atoms with Crippen LogP contribution in [0.15, 0.2) is 23.5 Å². The Bertz CT molecular complexity index is 466. The summed E-state index contributed by atoms with van der Waals surface area (Å²) in [6, 6.07) is 3.64. The lowest BCUT2D eigenvalue weighted by atomic mass is 10.1. The van der Waals surface area contributed by atoms with Gasteiger partial charge in [-0.1, -0.05) is 5.16 Å². The van der Waals surface area contributed by atoms with Gasteiger partial charge in [-0.3, -0.25) is 4.98 Å². The van der Waals surface area contributed by atoms with Crippen molar-refractivity contribution in [2.45, 2.75) is 19.1 Å². The van der Waals surface area contributed by atoms with Crippen molar-refractivity contribution in [3.63, 3.8) is 0 Å². The third-order valence-electron chi connectivity index (χ3n) is 3.01. The third-order valence-corrected chi connectivity index (χ3v) is 3.01. The first-order valence-electron chi connectivity index (χ1n) is 6.10. The summed E-state index contributed by atoms with van der Waals surface area (Å²) < 4.78 is 5.59. The molecule has 0 saturated carbocycles. The number of anilines is 1. The maximum atomic E-state index is 9.24. The van der Waals surface area contributed by atoms with Crippen molar-refractivity contribution in [3.05, 3.63) is 24.0 Å². The normalized spacial score (nSPS) is 24.5. The quantitative estimate of drug-likeness (QED) is 0.302. The molecule has 7 heteroatoms. The van der Waals surface area contributed by atoms with Gasteiger partial charge in [-0.25, -0.2) is 0 Å². The molecule has 104 valence electrons. The van der Waals surface area contributed by atoms with Crippen molar-refractivity contribution in [2.75, 3.05) is 24.6 Å². The molecular weight excluding hydrogens is 248 g/mol. The van der Waals surface area contributed by atoms with Gasteiger partial charge in [-0.2, -0.15) is 0 Å². The molecule has 0 amide bonds. The minimum Gasteiger partial charge on any atom is -0.409 e. The zero-order valence-electron chi connectivity index (χ0n) is 10.7. The van der Waals surface area contributed by atoms with E-state index in [4.69, 9.17) is 15.7 Å². The van der Waals surface area contributed by atoms with Gasteiger partial charge in [0.05, 0.1) is 24.5 Å². The molecule has 1 aromatic rings. The van der Waals surface area contributed by atoms with Crippen LogP contribution in [0.25, 0.3) is 0 Å². The number of rotatable bonds is 3. The van der Waals surface area contributed by atoms with E-state index in [1.807, 2.05) is 17.9 Å². The summed E-state index contributed by atoms with van der Waals surface area (Å²) >= 11 is 0. The Morgan fingerprint density at radius 2 is 2.42 bits per heavy atom. The summed E-state index contributed by atoms with van der Waals surface area (Å²) in [7, 11) is 0. The number of nitrogens with zero attached hydrogens (tertiary/aromatic N) is 3. The zero-order valence-corrected chi connectivity index (χ0v) is 10.7. The van der Waals surface area contributed by atoms with Crippen LogP contribution >= 0.6 is 0 Å². The number of hydrogen-bond donors (Lipinski definition) is 3. The summed E-state index contributed by atoms with van der Waals surface area (Å²) in [5.74, 6) is -0.0321. The van der Waals surface area contributed by atoms with E-state index in [0.717, 1.165) is 5.69 Å². The number of amidine groups is 1. The highest BCUT2D eigenvalue weighted by atomic mass is 16.5. The largest absolute Gasteiger partial charge is 0.409 e. The van der Waals surface area contributed by atoms with Crippen molar-refractivity contribution in [2.24, 2.45) is 10.9 Å². The van der Waals surface area contributed by atoms with Crippen molar-refractivity contribution in [3.8, 4) is 0 Å². The minimum absolute atomic E-state index is 0.00811. The number of nitrogens with two attached hydrogens (primary N) is 1. The Morgan fingerprint density at radius 1 is 1.63 bits per heavy atom. The van der Waals surface area contributed by atoms with Gasteiger partial charge in [0.1, 0.15) is 5.69 Å². The molecule has 0 aromatic carbocycles. The first-order valence-corrected chi connectivity index (χ1v) is 6.10. The topological polar surface area (TPSA) is 104 Å². The number of aliphatic hydroxyl groups is 1. The average Bonchev–Trinajstić information content (AvgIpc) is 2.45. The monoisotopic (exact) mass is 266 g/mol. The lowest BCUT2D eigenvalue weighted by molar-refractivity contribution is -0.0421. The number of morpholine rings is 1. The highest BCUT2D eigenvalue weighted by Crippen LogP contribution is 2.22. The number of pyridine rings is 1. The molecule has 1 aromatic heterocycles. The fourth-order valence-electron chi connectivity index (χ4n) is 2.24. The highest BCUT2D eigenvalue weighted by molar-refractivity contribution is 6.00. The summed E-state index contributed by atoms with van der Waals surface area (Å²) in [4.78, 5) is 6.16. The lowest BCUT2D eigenvalue weighted by Crippen LogP contribution is -2.48. The van der Waals surface area contributed by atoms with Crippen molar-refractivity contribution >= 4 is 11.5 Å². The molecule has 1 saturated heterocycles. The summed E-state index contributed by atoms with van der Waals surface area (Å²) in [6.07, 6.45) is 1.33. The second-order valence-electron chi connectivity index (χ2n) is 4.51. The Morgan fingerprint density at radius 3 is 3.11 bits per heavy atom. The standard InChI is InChI=1S/C12H18N4O3/c1-8-5-16(6-9(7-17)19-8)10-3-2-4-14-11(10)12(13)15-18/h2-4,8-9,17-18H,5-7H2,1H3,(H2,13,15). The van der Waals surface area contributed by atoms with Crippen LogP contribution in [-0.4, -0.2) is 53.0 Å². The van der Waals surface area contributed by atoms with E-state index in [1.54, 1.807) is 12.3 Å². The summed E-state index contributed by atoms with van der Waals surface area (Å²) in [5.41, 5.74) is 6.83. The predicted octanol–water partition coefficient (Wildman–Crippen LogP) is -0.238. The SMILES string of the molecule is CC1CN(c2cccnc2/C(N)=N/O)CC(CO)O1. The molecule has 0 bridgehead atoms. The molecule has 1 fully saturated rings. The van der Waals surface area contributed by atoms with Crippen molar-refractivity contribution in [1.82, 2.24) is 4.98 Å². The van der Waals surface area contributed by atoms with Crippen LogP contribution in [0.2, 0.25) is 0 Å². The Hall–Kier alpha value is -1.86. The first kappa shape index (κ1) is 13.6. The number of aromatic nitrogens is 1. The van der Waals surface area contributed by atoms with Crippen LogP contribution in [-0.2, 0) is 4.74 Å². The molecule has 7 nitrogen and oxygen atoms in total. The fourth-order valence-corrected chi connectivity index (χ4v) is 2.24. The van der Waals surface area contributed by atoms with Crippen LogP contribution in [0.3, 0.4) is 0 Å². The van der Waals surface area contributed by atoms with Gasteiger partial charge < -0.3 is 25.7 Å². The molecule has 4 N–H and O–H groups in total. The minimum atomic E-state index is -0.246. The van der Waals surface area contributed by atoms with Crippen molar-refractivity contribution in [1.29, 1.82) is 0 Å². The molecule has 2 unspecified atom stereocenters. The van der Waals surface area contributed by atoms with Gasteiger partial charge in [0.2, 0.25) is 0 Å². The smallest absolute Gasteiger partial charge is 0.190 e. The molecule has 0 radical (unpaired) electrons. The van der Waals surface area contributed by atoms with E-state index in [9.17, 15) is 5.11 Å². The van der Waals surface area contributed by atoms with Gasteiger partial charge in [-0.05, 0) is 19.1 Å². The van der Waals surface area contributed by atoms with Crippen molar-refractivity contribution < 1.29 is 15.1 Å². The van der Waals surface area contributed by atoms with E-state index < -0.39 is 0 Å². The van der Waals surface area contributed by atoms with Crippen LogP contribution in [0.5, 0.6) is 0 Å². The lowest BCUT2D eigenvalue weighted by Gasteiger charge is -2.38.